The Morgan fingerprint density at radius 3 is 2.69 bits per heavy atom. The minimum absolute atomic E-state index is 0.0265. The summed E-state index contributed by atoms with van der Waals surface area (Å²) in [5, 5.41) is 9.01. The molecule has 2 atom stereocenters. The van der Waals surface area contributed by atoms with Crippen LogP contribution in [0.15, 0.2) is 0 Å². The van der Waals surface area contributed by atoms with Crippen molar-refractivity contribution in [2.45, 2.75) is 32.4 Å². The van der Waals surface area contributed by atoms with Gasteiger partial charge in [-0.3, -0.25) is 14.4 Å². The average molecular weight is 232 g/mol. The van der Waals surface area contributed by atoms with Gasteiger partial charge >= 0.3 is 11.9 Å². The maximum absolute atomic E-state index is 13.2. The molecule has 1 fully saturated rings. The number of halogens is 1. The summed E-state index contributed by atoms with van der Waals surface area (Å²) in [6.07, 6.45) is -2.96. The number of Topliss-reactive ketones (excluding diaryl/α,β-unsaturated/α-hetero) is 1. The highest BCUT2D eigenvalue weighted by molar-refractivity contribution is 6.01. The molecule has 0 aromatic rings. The van der Waals surface area contributed by atoms with Gasteiger partial charge in [-0.2, -0.15) is 0 Å². The third-order valence-electron chi connectivity index (χ3n) is 2.75. The van der Waals surface area contributed by atoms with E-state index in [2.05, 4.69) is 4.74 Å². The smallest absolute Gasteiger partial charge is 0.323 e. The molecule has 0 saturated heterocycles. The summed E-state index contributed by atoms with van der Waals surface area (Å²) < 4.78 is 17.8. The molecule has 0 unspecified atom stereocenters. The van der Waals surface area contributed by atoms with Crippen LogP contribution in [-0.2, 0) is 19.1 Å². The van der Waals surface area contributed by atoms with Crippen LogP contribution >= 0.6 is 0 Å². The lowest BCUT2D eigenvalue weighted by Crippen LogP contribution is -2.47. The second kappa shape index (κ2) is 4.59. The molecule has 1 rings (SSSR count). The Morgan fingerprint density at radius 2 is 2.25 bits per heavy atom. The van der Waals surface area contributed by atoms with Crippen LogP contribution in [0, 0.1) is 5.41 Å². The van der Waals surface area contributed by atoms with Gasteiger partial charge in [0.25, 0.3) is 0 Å². The number of carboxylic acid groups (broad SMARTS) is 1. The van der Waals surface area contributed by atoms with E-state index in [1.54, 1.807) is 0 Å². The van der Waals surface area contributed by atoms with Gasteiger partial charge in [0.1, 0.15) is 0 Å². The summed E-state index contributed by atoms with van der Waals surface area (Å²) in [6, 6.07) is 0. The molecule has 5 nitrogen and oxygen atoms in total. The predicted molar refractivity (Wildman–Crippen MR) is 50.5 cm³/mol. The number of aliphatic carboxylic acids is 1. The van der Waals surface area contributed by atoms with Crippen molar-refractivity contribution < 1.29 is 28.6 Å². The van der Waals surface area contributed by atoms with Crippen LogP contribution in [0.5, 0.6) is 0 Å². The normalized spacial score (nSPS) is 29.9. The number of rotatable bonds is 3. The standard InChI is InChI=1S/C10H13FO5/c1-2-16-9(15)10(8(13)14)4-3-7(12)6(11)5-10/h6H,2-5H2,1H3,(H,13,14)/t6-,10+/m0/s1. The van der Waals surface area contributed by atoms with Crippen molar-refractivity contribution in [2.24, 2.45) is 5.41 Å². The summed E-state index contributed by atoms with van der Waals surface area (Å²) in [5.74, 6) is -3.04. The van der Waals surface area contributed by atoms with Crippen molar-refractivity contribution in [1.29, 1.82) is 0 Å². The van der Waals surface area contributed by atoms with E-state index >= 15 is 0 Å². The highest BCUT2D eigenvalue weighted by atomic mass is 19.1. The lowest BCUT2D eigenvalue weighted by molar-refractivity contribution is -0.173. The van der Waals surface area contributed by atoms with E-state index < -0.39 is 35.7 Å². The van der Waals surface area contributed by atoms with Crippen molar-refractivity contribution in [3.05, 3.63) is 0 Å². The van der Waals surface area contributed by atoms with E-state index in [1.807, 2.05) is 0 Å². The van der Waals surface area contributed by atoms with Crippen LogP contribution in [-0.4, -0.2) is 35.6 Å². The van der Waals surface area contributed by atoms with E-state index in [1.165, 1.54) is 6.92 Å². The second-order valence-electron chi connectivity index (χ2n) is 3.75. The molecule has 1 saturated carbocycles. The first kappa shape index (κ1) is 12.6. The average Bonchev–Trinajstić information content (AvgIpc) is 2.22. The fraction of sp³-hybridized carbons (Fsp3) is 0.700. The number of esters is 1. The Morgan fingerprint density at radius 1 is 1.62 bits per heavy atom. The van der Waals surface area contributed by atoms with Gasteiger partial charge in [0.05, 0.1) is 6.61 Å². The molecule has 1 aliphatic rings. The molecule has 6 heteroatoms. The fourth-order valence-electron chi connectivity index (χ4n) is 1.75. The van der Waals surface area contributed by atoms with Crippen molar-refractivity contribution in [3.8, 4) is 0 Å². The molecule has 0 aromatic heterocycles. The highest BCUT2D eigenvalue weighted by Gasteiger charge is 2.53. The molecular formula is C10H13FO5. The van der Waals surface area contributed by atoms with Gasteiger partial charge < -0.3 is 9.84 Å². The summed E-state index contributed by atoms with van der Waals surface area (Å²) in [4.78, 5) is 33.6. The number of carbonyl (C=O) groups excluding carboxylic acids is 2. The van der Waals surface area contributed by atoms with Crippen LogP contribution in [0.25, 0.3) is 0 Å². The molecule has 0 aromatic carbocycles. The largest absolute Gasteiger partial charge is 0.480 e. The zero-order valence-corrected chi connectivity index (χ0v) is 8.86. The Bertz CT molecular complexity index is 327. The van der Waals surface area contributed by atoms with Gasteiger partial charge in [-0.25, -0.2) is 4.39 Å². The molecule has 1 aliphatic carbocycles. The van der Waals surface area contributed by atoms with Crippen LogP contribution in [0.1, 0.15) is 26.2 Å². The van der Waals surface area contributed by atoms with Crippen LogP contribution in [0.4, 0.5) is 4.39 Å². The summed E-state index contributed by atoms with van der Waals surface area (Å²) in [6.45, 7) is 1.56. The number of alkyl halides is 1. The van der Waals surface area contributed by atoms with Gasteiger partial charge in [0.2, 0.25) is 0 Å². The first-order valence-electron chi connectivity index (χ1n) is 5.01. The van der Waals surface area contributed by atoms with Gasteiger partial charge in [-0.15, -0.1) is 0 Å². The lowest BCUT2D eigenvalue weighted by Gasteiger charge is -2.31. The van der Waals surface area contributed by atoms with Crippen molar-refractivity contribution in [3.63, 3.8) is 0 Å². The molecule has 1 N–H and O–H groups in total. The first-order chi connectivity index (χ1) is 7.44. The quantitative estimate of drug-likeness (QED) is 0.572. The Labute approximate surface area is 91.6 Å². The second-order valence-corrected chi connectivity index (χ2v) is 3.75. The SMILES string of the molecule is CCOC(=O)[C@]1(C(=O)O)CCC(=O)[C@@H](F)C1. The Hall–Kier alpha value is -1.46. The third-order valence-corrected chi connectivity index (χ3v) is 2.75. The molecular weight excluding hydrogens is 219 g/mol. The Kier molecular flexibility index (Phi) is 3.62. The number of hydrogen-bond donors (Lipinski definition) is 1. The monoisotopic (exact) mass is 232 g/mol. The van der Waals surface area contributed by atoms with E-state index in [0.29, 0.717) is 0 Å². The third kappa shape index (κ3) is 2.05. The molecule has 0 aliphatic heterocycles. The van der Waals surface area contributed by atoms with Crippen molar-refractivity contribution in [1.82, 2.24) is 0 Å². The predicted octanol–water partition coefficient (Wildman–Crippen LogP) is 0.712. The molecule has 0 heterocycles. The van der Waals surface area contributed by atoms with Crippen molar-refractivity contribution >= 4 is 17.7 Å². The van der Waals surface area contributed by atoms with E-state index in [-0.39, 0.29) is 19.4 Å². The fourth-order valence-corrected chi connectivity index (χ4v) is 1.75. The van der Waals surface area contributed by atoms with Crippen molar-refractivity contribution in [2.75, 3.05) is 6.61 Å². The topological polar surface area (TPSA) is 80.7 Å². The van der Waals surface area contributed by atoms with Gasteiger partial charge in [-0.05, 0) is 13.3 Å². The maximum Gasteiger partial charge on any atom is 0.323 e. The van der Waals surface area contributed by atoms with Crippen LogP contribution in [0.2, 0.25) is 0 Å². The Balaban J connectivity index is 2.94. The maximum atomic E-state index is 13.2. The lowest BCUT2D eigenvalue weighted by atomic mass is 9.73. The van der Waals surface area contributed by atoms with Gasteiger partial charge in [-0.1, -0.05) is 0 Å². The number of ether oxygens (including phenoxy) is 1. The van der Waals surface area contributed by atoms with Crippen LogP contribution in [0.3, 0.4) is 0 Å². The summed E-state index contributed by atoms with van der Waals surface area (Å²) >= 11 is 0. The molecule has 0 amide bonds. The minimum Gasteiger partial charge on any atom is -0.480 e. The number of hydrogen-bond acceptors (Lipinski definition) is 4. The zero-order valence-electron chi connectivity index (χ0n) is 8.86. The number of carbonyl (C=O) groups is 3. The van der Waals surface area contributed by atoms with Gasteiger partial charge in [0, 0.05) is 12.8 Å². The highest BCUT2D eigenvalue weighted by Crippen LogP contribution is 2.37. The molecule has 16 heavy (non-hydrogen) atoms. The summed E-state index contributed by atoms with van der Waals surface area (Å²) in [7, 11) is 0. The van der Waals surface area contributed by atoms with E-state index in [4.69, 9.17) is 5.11 Å². The molecule has 0 radical (unpaired) electrons. The number of carboxylic acids is 1. The van der Waals surface area contributed by atoms with E-state index in [9.17, 15) is 18.8 Å². The van der Waals surface area contributed by atoms with Gasteiger partial charge in [0.15, 0.2) is 17.4 Å². The van der Waals surface area contributed by atoms with E-state index in [0.717, 1.165) is 0 Å². The van der Waals surface area contributed by atoms with Crippen LogP contribution < -0.4 is 0 Å². The minimum atomic E-state index is -1.90. The molecule has 90 valence electrons. The zero-order chi connectivity index (χ0) is 12.3. The number of ketones is 1. The first-order valence-corrected chi connectivity index (χ1v) is 5.01. The molecule has 0 bridgehead atoms. The summed E-state index contributed by atoms with van der Waals surface area (Å²) in [5.41, 5.74) is -1.90. The molecule has 0 spiro atoms.